The van der Waals surface area contributed by atoms with Gasteiger partial charge in [-0.15, -0.1) is 0 Å². The molecule has 2 unspecified atom stereocenters. The molecule has 0 aliphatic heterocycles. The molecule has 0 spiro atoms. The Morgan fingerprint density at radius 1 is 0.897 bits per heavy atom. The van der Waals surface area contributed by atoms with Gasteiger partial charge in [-0.3, -0.25) is 14.9 Å². The average molecular weight is 399 g/mol. The zero-order chi connectivity index (χ0) is 21.2. The van der Waals surface area contributed by atoms with E-state index in [9.17, 15) is 19.8 Å². The number of hydrogen-bond acceptors (Lipinski definition) is 4. The summed E-state index contributed by atoms with van der Waals surface area (Å²) in [6, 6.07) is 15.4. The molecule has 156 valence electrons. The molecule has 0 bridgehead atoms. The first-order chi connectivity index (χ1) is 13.8. The number of carboxylic acids is 2. The zero-order valence-electron chi connectivity index (χ0n) is 16.9. The van der Waals surface area contributed by atoms with Gasteiger partial charge >= 0.3 is 11.9 Å². The average Bonchev–Trinajstić information content (AvgIpc) is 2.68. The van der Waals surface area contributed by atoms with Crippen LogP contribution in [0, 0.1) is 5.92 Å². The fraction of sp³-hybridized carbons (Fsp3) is 0.391. The first-order valence-electron chi connectivity index (χ1n) is 9.82. The molecule has 0 heterocycles. The topological polar surface area (TPSA) is 95.9 Å². The van der Waals surface area contributed by atoms with Gasteiger partial charge in [0.25, 0.3) is 0 Å². The number of carbonyl (C=O) groups is 2. The summed E-state index contributed by atoms with van der Waals surface area (Å²) in [4.78, 5) is 23.0. The quantitative estimate of drug-likeness (QED) is 0.506. The minimum absolute atomic E-state index is 0.144. The van der Waals surface area contributed by atoms with Gasteiger partial charge in [0.05, 0.1) is 6.61 Å². The van der Waals surface area contributed by atoms with Gasteiger partial charge in [-0.2, -0.15) is 0 Å². The molecule has 0 amide bonds. The summed E-state index contributed by atoms with van der Waals surface area (Å²) in [5.41, 5.74) is 2.00. The Bertz CT molecular complexity index is 774. The molecule has 0 aromatic heterocycles. The number of nitrogens with one attached hydrogen (secondary N) is 1. The first kappa shape index (κ1) is 22.4. The first-order valence-corrected chi connectivity index (χ1v) is 9.82. The largest absolute Gasteiger partial charge is 0.493 e. The highest BCUT2D eigenvalue weighted by molar-refractivity contribution is 5.77. The lowest BCUT2D eigenvalue weighted by Gasteiger charge is -2.22. The van der Waals surface area contributed by atoms with E-state index in [1.54, 1.807) is 0 Å². The summed E-state index contributed by atoms with van der Waals surface area (Å²) in [5.74, 6) is -1.24. The second-order valence-corrected chi connectivity index (χ2v) is 7.51. The van der Waals surface area contributed by atoms with E-state index >= 15 is 0 Å². The van der Waals surface area contributed by atoms with Crippen LogP contribution in [-0.4, -0.2) is 40.8 Å². The van der Waals surface area contributed by atoms with E-state index in [0.29, 0.717) is 18.8 Å². The van der Waals surface area contributed by atoms with Crippen molar-refractivity contribution in [2.24, 2.45) is 5.92 Å². The van der Waals surface area contributed by atoms with Gasteiger partial charge < -0.3 is 14.9 Å². The van der Waals surface area contributed by atoms with E-state index in [4.69, 9.17) is 4.74 Å². The number of hydrogen-bond donors (Lipinski definition) is 3. The lowest BCUT2D eigenvalue weighted by Crippen LogP contribution is -2.48. The molecule has 0 saturated heterocycles. The Morgan fingerprint density at radius 2 is 1.52 bits per heavy atom. The van der Waals surface area contributed by atoms with Gasteiger partial charge in [-0.1, -0.05) is 56.3 Å². The van der Waals surface area contributed by atoms with Crippen LogP contribution in [0.5, 0.6) is 5.75 Å². The third-order valence-corrected chi connectivity index (χ3v) is 4.57. The molecule has 0 fully saturated rings. The third-order valence-electron chi connectivity index (χ3n) is 4.57. The molecule has 6 heteroatoms. The summed E-state index contributed by atoms with van der Waals surface area (Å²) in [6.07, 6.45) is 1.37. The highest BCUT2D eigenvalue weighted by Crippen LogP contribution is 2.15. The molecule has 2 atom stereocenters. The molecule has 3 N–H and O–H groups in total. The van der Waals surface area contributed by atoms with Gasteiger partial charge in [0, 0.05) is 6.42 Å². The molecule has 2 aromatic rings. The SMILES string of the molecule is CC(C)CC(NC(Cc1ccc(OCCc2ccccc2)cc1)C(=O)O)C(=O)O. The van der Waals surface area contributed by atoms with Gasteiger partial charge in [0.1, 0.15) is 17.8 Å². The molecule has 0 saturated carbocycles. The van der Waals surface area contributed by atoms with Crippen LogP contribution in [0.1, 0.15) is 31.4 Å². The van der Waals surface area contributed by atoms with Crippen LogP contribution in [0.3, 0.4) is 0 Å². The summed E-state index contributed by atoms with van der Waals surface area (Å²) in [5, 5.41) is 21.6. The Morgan fingerprint density at radius 3 is 2.07 bits per heavy atom. The van der Waals surface area contributed by atoms with E-state index in [-0.39, 0.29) is 12.3 Å². The molecule has 2 rings (SSSR count). The number of rotatable bonds is 12. The maximum atomic E-state index is 11.6. The molecular formula is C23H29NO5. The van der Waals surface area contributed by atoms with E-state index in [1.807, 2.05) is 56.3 Å². The smallest absolute Gasteiger partial charge is 0.321 e. The van der Waals surface area contributed by atoms with Crippen LogP contribution >= 0.6 is 0 Å². The Hall–Kier alpha value is -2.86. The van der Waals surface area contributed by atoms with Crippen molar-refractivity contribution in [3.05, 3.63) is 65.7 Å². The Kier molecular flexibility index (Phi) is 8.68. The van der Waals surface area contributed by atoms with Crippen molar-refractivity contribution in [3.8, 4) is 5.75 Å². The fourth-order valence-electron chi connectivity index (χ4n) is 3.06. The van der Waals surface area contributed by atoms with Gasteiger partial charge in [-0.25, -0.2) is 0 Å². The van der Waals surface area contributed by atoms with Crippen molar-refractivity contribution < 1.29 is 24.5 Å². The van der Waals surface area contributed by atoms with Crippen molar-refractivity contribution in [1.82, 2.24) is 5.32 Å². The van der Waals surface area contributed by atoms with Crippen molar-refractivity contribution in [1.29, 1.82) is 0 Å². The van der Waals surface area contributed by atoms with Gasteiger partial charge in [0.15, 0.2) is 0 Å². The minimum atomic E-state index is -1.07. The van der Waals surface area contributed by atoms with Gasteiger partial charge in [0.2, 0.25) is 0 Å². The summed E-state index contributed by atoms with van der Waals surface area (Å²) in [6.45, 7) is 4.37. The number of ether oxygens (including phenoxy) is 1. The molecule has 0 radical (unpaired) electrons. The predicted molar refractivity (Wildman–Crippen MR) is 111 cm³/mol. The second kappa shape index (κ2) is 11.2. The van der Waals surface area contributed by atoms with Crippen LogP contribution < -0.4 is 10.1 Å². The minimum Gasteiger partial charge on any atom is -0.493 e. The maximum absolute atomic E-state index is 11.6. The van der Waals surface area contributed by atoms with E-state index in [0.717, 1.165) is 12.0 Å². The van der Waals surface area contributed by atoms with Crippen LogP contribution in [-0.2, 0) is 22.4 Å². The highest BCUT2D eigenvalue weighted by Gasteiger charge is 2.26. The monoisotopic (exact) mass is 399 g/mol. The number of benzene rings is 2. The molecule has 0 aliphatic carbocycles. The zero-order valence-corrected chi connectivity index (χ0v) is 16.9. The Balaban J connectivity index is 1.91. The fourth-order valence-corrected chi connectivity index (χ4v) is 3.06. The standard InChI is InChI=1S/C23H29NO5/c1-16(2)14-20(22(25)26)24-21(23(27)28)15-18-8-10-19(11-9-18)29-13-12-17-6-4-3-5-7-17/h3-11,16,20-21,24H,12-15H2,1-2H3,(H,25,26)(H,27,28). The van der Waals surface area contributed by atoms with Crippen molar-refractivity contribution in [2.45, 2.75) is 45.2 Å². The van der Waals surface area contributed by atoms with Crippen LogP contribution in [0.25, 0.3) is 0 Å². The number of carboxylic acid groups (broad SMARTS) is 2. The van der Waals surface area contributed by atoms with Gasteiger partial charge in [-0.05, 0) is 42.0 Å². The molecule has 0 aliphatic rings. The normalized spacial score (nSPS) is 13.1. The van der Waals surface area contributed by atoms with Crippen LogP contribution in [0.15, 0.2) is 54.6 Å². The lowest BCUT2D eigenvalue weighted by atomic mass is 10.0. The predicted octanol–water partition coefficient (Wildman–Crippen LogP) is 3.39. The van der Waals surface area contributed by atoms with Crippen molar-refractivity contribution in [3.63, 3.8) is 0 Å². The lowest BCUT2D eigenvalue weighted by molar-refractivity contribution is -0.142. The van der Waals surface area contributed by atoms with E-state index in [2.05, 4.69) is 17.4 Å². The highest BCUT2D eigenvalue weighted by atomic mass is 16.5. The summed E-state index contributed by atoms with van der Waals surface area (Å²) >= 11 is 0. The molecular weight excluding hydrogens is 370 g/mol. The molecule has 2 aromatic carbocycles. The summed E-state index contributed by atoms with van der Waals surface area (Å²) in [7, 11) is 0. The summed E-state index contributed by atoms with van der Waals surface area (Å²) < 4.78 is 5.75. The molecule has 6 nitrogen and oxygen atoms in total. The van der Waals surface area contributed by atoms with Crippen molar-refractivity contribution in [2.75, 3.05) is 6.61 Å². The second-order valence-electron chi connectivity index (χ2n) is 7.51. The van der Waals surface area contributed by atoms with Crippen molar-refractivity contribution >= 4 is 11.9 Å². The van der Waals surface area contributed by atoms with E-state index < -0.39 is 24.0 Å². The number of aliphatic carboxylic acids is 2. The molecule has 29 heavy (non-hydrogen) atoms. The Labute approximate surface area is 171 Å². The third kappa shape index (κ3) is 7.95. The van der Waals surface area contributed by atoms with Crippen LogP contribution in [0.4, 0.5) is 0 Å². The van der Waals surface area contributed by atoms with E-state index in [1.165, 1.54) is 5.56 Å². The van der Waals surface area contributed by atoms with Crippen LogP contribution in [0.2, 0.25) is 0 Å². The maximum Gasteiger partial charge on any atom is 0.321 e.